The fourth-order valence-corrected chi connectivity index (χ4v) is 4.87. The van der Waals surface area contributed by atoms with E-state index in [-0.39, 0.29) is 11.1 Å². The molecule has 1 heterocycles. The average Bonchev–Trinajstić information content (AvgIpc) is 3.06. The Bertz CT molecular complexity index is 1230. The number of hydrogen-bond acceptors (Lipinski definition) is 5. The van der Waals surface area contributed by atoms with Crippen LogP contribution in [0.3, 0.4) is 0 Å². The summed E-state index contributed by atoms with van der Waals surface area (Å²) in [7, 11) is 0. The highest BCUT2D eigenvalue weighted by Gasteiger charge is 2.36. The summed E-state index contributed by atoms with van der Waals surface area (Å²) in [6.45, 7) is 4.80. The van der Waals surface area contributed by atoms with Crippen molar-refractivity contribution >= 4 is 50.6 Å². The minimum absolute atomic E-state index is 0.320. The molecule has 0 aliphatic carbocycles. The van der Waals surface area contributed by atoms with Crippen LogP contribution in [0.15, 0.2) is 76.1 Å². The molecule has 1 fully saturated rings. The third-order valence-electron chi connectivity index (χ3n) is 4.90. The van der Waals surface area contributed by atoms with E-state index in [0.717, 1.165) is 22.9 Å². The van der Waals surface area contributed by atoms with Gasteiger partial charge in [-0.2, -0.15) is 0 Å². The predicted molar refractivity (Wildman–Crippen MR) is 136 cm³/mol. The maximum absolute atomic E-state index is 12.9. The van der Waals surface area contributed by atoms with Crippen molar-refractivity contribution in [2.45, 2.75) is 20.5 Å². The van der Waals surface area contributed by atoms with Crippen molar-refractivity contribution in [1.82, 2.24) is 0 Å². The number of amides is 2. The molecule has 0 spiro atoms. The number of anilines is 1. The molecule has 0 bridgehead atoms. The van der Waals surface area contributed by atoms with E-state index in [1.807, 2.05) is 50.2 Å². The third kappa shape index (κ3) is 5.31. The second-order valence-corrected chi connectivity index (χ2v) is 9.24. The van der Waals surface area contributed by atoms with Crippen molar-refractivity contribution in [2.24, 2.45) is 0 Å². The van der Waals surface area contributed by atoms with Crippen LogP contribution < -0.4 is 14.4 Å². The number of nitrogens with zero attached hydrogens (tertiary/aromatic N) is 1. The second kappa shape index (κ2) is 10.3. The van der Waals surface area contributed by atoms with E-state index in [0.29, 0.717) is 39.8 Å². The summed E-state index contributed by atoms with van der Waals surface area (Å²) in [6.07, 6.45) is 1.70. The largest absolute Gasteiger partial charge is 0.490 e. The molecule has 33 heavy (non-hydrogen) atoms. The third-order valence-corrected chi connectivity index (χ3v) is 6.36. The Morgan fingerprint density at radius 1 is 1.00 bits per heavy atom. The summed E-state index contributed by atoms with van der Waals surface area (Å²) in [5, 5.41) is -0.320. The van der Waals surface area contributed by atoms with Gasteiger partial charge in [0.05, 0.1) is 21.7 Å². The lowest BCUT2D eigenvalue weighted by atomic mass is 10.1. The van der Waals surface area contributed by atoms with E-state index in [9.17, 15) is 9.59 Å². The molecule has 1 aliphatic rings. The monoisotopic (exact) mass is 523 g/mol. The van der Waals surface area contributed by atoms with Crippen molar-refractivity contribution in [3.8, 4) is 11.5 Å². The predicted octanol–water partition coefficient (Wildman–Crippen LogP) is 6.98. The number of para-hydroxylation sites is 1. The number of thioether (sulfide) groups is 1. The molecule has 3 aromatic carbocycles. The average molecular weight is 524 g/mol. The highest BCUT2D eigenvalue weighted by atomic mass is 79.9. The molecule has 1 aliphatic heterocycles. The summed E-state index contributed by atoms with van der Waals surface area (Å²) in [5.74, 6) is 0.811. The minimum Gasteiger partial charge on any atom is -0.490 e. The van der Waals surface area contributed by atoms with Crippen molar-refractivity contribution in [2.75, 3.05) is 11.5 Å². The molecule has 0 unspecified atom stereocenters. The number of carbonyl (C=O) groups excluding carboxylic acids is 2. The van der Waals surface area contributed by atoms with Gasteiger partial charge in [-0.1, -0.05) is 48.0 Å². The molecule has 5 nitrogen and oxygen atoms in total. The van der Waals surface area contributed by atoms with Gasteiger partial charge in [-0.25, -0.2) is 4.90 Å². The first-order chi connectivity index (χ1) is 16.0. The zero-order valence-electron chi connectivity index (χ0n) is 18.2. The van der Waals surface area contributed by atoms with Crippen LogP contribution in [-0.2, 0) is 11.4 Å². The molecule has 4 rings (SSSR count). The number of aryl methyl sites for hydroxylation is 1. The number of carbonyl (C=O) groups is 2. The Kier molecular flexibility index (Phi) is 7.20. The fourth-order valence-electron chi connectivity index (χ4n) is 3.45. The highest BCUT2D eigenvalue weighted by Crippen LogP contribution is 2.40. The Morgan fingerprint density at radius 3 is 2.52 bits per heavy atom. The Morgan fingerprint density at radius 2 is 1.79 bits per heavy atom. The number of halogens is 1. The van der Waals surface area contributed by atoms with Gasteiger partial charge in [0.25, 0.3) is 11.1 Å². The van der Waals surface area contributed by atoms with Crippen molar-refractivity contribution < 1.29 is 19.1 Å². The zero-order valence-corrected chi connectivity index (χ0v) is 20.6. The first-order valence-electron chi connectivity index (χ1n) is 10.4. The summed E-state index contributed by atoms with van der Waals surface area (Å²) in [4.78, 5) is 27.0. The molecule has 0 radical (unpaired) electrons. The van der Waals surface area contributed by atoms with Crippen molar-refractivity contribution in [1.29, 1.82) is 0 Å². The number of rotatable bonds is 7. The SMILES string of the molecule is CCOc1cc(/C=C2\SC(=O)N(c3ccccc3)C2=O)cc(Br)c1OCc1cccc(C)c1. The molecule has 7 heteroatoms. The van der Waals surface area contributed by atoms with Gasteiger partial charge in [0, 0.05) is 0 Å². The number of imide groups is 1. The zero-order chi connectivity index (χ0) is 23.4. The van der Waals surface area contributed by atoms with E-state index >= 15 is 0 Å². The van der Waals surface area contributed by atoms with Gasteiger partial charge in [-0.3, -0.25) is 9.59 Å². The summed E-state index contributed by atoms with van der Waals surface area (Å²) in [5.41, 5.74) is 3.51. The van der Waals surface area contributed by atoms with Gasteiger partial charge in [0.1, 0.15) is 6.61 Å². The van der Waals surface area contributed by atoms with Gasteiger partial charge < -0.3 is 9.47 Å². The van der Waals surface area contributed by atoms with E-state index in [4.69, 9.17) is 9.47 Å². The first-order valence-corrected chi connectivity index (χ1v) is 12.0. The molecule has 2 amide bonds. The van der Waals surface area contributed by atoms with Crippen LogP contribution in [-0.4, -0.2) is 17.8 Å². The molecule has 1 saturated heterocycles. The Balaban J connectivity index is 1.60. The smallest absolute Gasteiger partial charge is 0.298 e. The van der Waals surface area contributed by atoms with E-state index in [1.165, 1.54) is 10.5 Å². The fraction of sp³-hybridized carbons (Fsp3) is 0.154. The van der Waals surface area contributed by atoms with Crippen LogP contribution >= 0.6 is 27.7 Å². The standard InChI is InChI=1S/C26H22BrNO4S/c1-3-31-22-14-19(13-21(27)24(22)32-16-18-9-7-8-17(2)12-18)15-23-25(29)28(26(30)33-23)20-10-5-4-6-11-20/h4-15H,3,16H2,1-2H3/b23-15-. The Hall–Kier alpha value is -3.03. The van der Waals surface area contributed by atoms with E-state index < -0.39 is 0 Å². The number of benzene rings is 3. The summed E-state index contributed by atoms with van der Waals surface area (Å²) >= 11 is 4.50. The van der Waals surface area contributed by atoms with Gasteiger partial charge in [-0.15, -0.1) is 0 Å². The number of hydrogen-bond donors (Lipinski definition) is 0. The lowest BCUT2D eigenvalue weighted by molar-refractivity contribution is -0.113. The van der Waals surface area contributed by atoms with Crippen LogP contribution in [0.1, 0.15) is 23.6 Å². The summed E-state index contributed by atoms with van der Waals surface area (Å²) < 4.78 is 12.6. The van der Waals surface area contributed by atoms with Gasteiger partial charge in [-0.05, 0) is 83.0 Å². The van der Waals surface area contributed by atoms with Crippen LogP contribution in [0.2, 0.25) is 0 Å². The maximum Gasteiger partial charge on any atom is 0.298 e. The molecule has 0 N–H and O–H groups in total. The lowest BCUT2D eigenvalue weighted by Crippen LogP contribution is -2.27. The molecule has 3 aromatic rings. The first kappa shape index (κ1) is 23.1. The van der Waals surface area contributed by atoms with Crippen LogP contribution in [0, 0.1) is 6.92 Å². The van der Waals surface area contributed by atoms with Crippen molar-refractivity contribution in [3.63, 3.8) is 0 Å². The van der Waals surface area contributed by atoms with Gasteiger partial charge in [0.15, 0.2) is 11.5 Å². The topological polar surface area (TPSA) is 55.8 Å². The van der Waals surface area contributed by atoms with Crippen LogP contribution in [0.5, 0.6) is 11.5 Å². The lowest BCUT2D eigenvalue weighted by Gasteiger charge is -2.15. The van der Waals surface area contributed by atoms with Gasteiger partial charge in [0.2, 0.25) is 0 Å². The molecule has 0 saturated carbocycles. The van der Waals surface area contributed by atoms with E-state index in [1.54, 1.807) is 30.3 Å². The second-order valence-electron chi connectivity index (χ2n) is 7.39. The quantitative estimate of drug-likeness (QED) is 0.312. The minimum atomic E-state index is -0.343. The molecular weight excluding hydrogens is 502 g/mol. The molecule has 168 valence electrons. The summed E-state index contributed by atoms with van der Waals surface area (Å²) in [6, 6.07) is 20.7. The molecule has 0 aromatic heterocycles. The molecule has 0 atom stereocenters. The highest BCUT2D eigenvalue weighted by molar-refractivity contribution is 9.10. The number of ether oxygens (including phenoxy) is 2. The molecular formula is C26H22BrNO4S. The Labute approximate surface area is 205 Å². The van der Waals surface area contributed by atoms with Gasteiger partial charge >= 0.3 is 0 Å². The normalized spacial score (nSPS) is 14.8. The van der Waals surface area contributed by atoms with E-state index in [2.05, 4.69) is 22.0 Å². The van der Waals surface area contributed by atoms with Crippen LogP contribution in [0.4, 0.5) is 10.5 Å². The van der Waals surface area contributed by atoms with Crippen LogP contribution in [0.25, 0.3) is 6.08 Å². The maximum atomic E-state index is 12.9. The van der Waals surface area contributed by atoms with Crippen molar-refractivity contribution in [3.05, 3.63) is 92.8 Å².